The number of aromatic nitrogens is 1. The molecule has 1 atom stereocenters. The molecule has 1 unspecified atom stereocenters. The standard InChI is InChI=1S/C13H16N2S2/c1-2-12(16-7-1)11-9-17-13(15-11)4-3-10-5-6-14-8-10/h1-2,7,9-10,14H,3-6,8H2. The average molecular weight is 264 g/mol. The second kappa shape index (κ2) is 5.29. The summed E-state index contributed by atoms with van der Waals surface area (Å²) in [6, 6.07) is 4.23. The Hall–Kier alpha value is -0.710. The summed E-state index contributed by atoms with van der Waals surface area (Å²) in [5, 5.41) is 9.01. The van der Waals surface area contributed by atoms with Gasteiger partial charge in [0.05, 0.1) is 15.6 Å². The molecule has 4 heteroatoms. The highest BCUT2D eigenvalue weighted by atomic mass is 32.1. The smallest absolute Gasteiger partial charge is 0.0933 e. The van der Waals surface area contributed by atoms with Crippen molar-refractivity contribution < 1.29 is 0 Å². The molecule has 2 nitrogen and oxygen atoms in total. The molecule has 0 aliphatic carbocycles. The van der Waals surface area contributed by atoms with Crippen molar-refractivity contribution in [2.45, 2.75) is 19.3 Å². The summed E-state index contributed by atoms with van der Waals surface area (Å²) in [6.45, 7) is 2.39. The van der Waals surface area contributed by atoms with E-state index in [2.05, 4.69) is 28.2 Å². The first-order valence-corrected chi connectivity index (χ1v) is 7.87. The van der Waals surface area contributed by atoms with Crippen molar-refractivity contribution in [2.24, 2.45) is 5.92 Å². The molecule has 1 aliphatic rings. The van der Waals surface area contributed by atoms with Gasteiger partial charge in [-0.3, -0.25) is 0 Å². The number of aryl methyl sites for hydroxylation is 1. The zero-order chi connectivity index (χ0) is 11.5. The summed E-state index contributed by atoms with van der Waals surface area (Å²) in [5.74, 6) is 0.865. The molecule has 0 aromatic carbocycles. The van der Waals surface area contributed by atoms with E-state index in [1.807, 2.05) is 0 Å². The molecular weight excluding hydrogens is 248 g/mol. The number of hydrogen-bond donors (Lipinski definition) is 1. The molecule has 0 amide bonds. The van der Waals surface area contributed by atoms with Crippen LogP contribution in [0, 0.1) is 5.92 Å². The highest BCUT2D eigenvalue weighted by molar-refractivity contribution is 7.14. The van der Waals surface area contributed by atoms with Crippen LogP contribution in [0.3, 0.4) is 0 Å². The van der Waals surface area contributed by atoms with Crippen LogP contribution >= 0.6 is 22.7 Å². The Labute approximate surface area is 110 Å². The van der Waals surface area contributed by atoms with Crippen molar-refractivity contribution in [1.29, 1.82) is 0 Å². The van der Waals surface area contributed by atoms with Crippen molar-refractivity contribution in [1.82, 2.24) is 10.3 Å². The third kappa shape index (κ3) is 2.76. The van der Waals surface area contributed by atoms with E-state index < -0.39 is 0 Å². The van der Waals surface area contributed by atoms with E-state index in [9.17, 15) is 0 Å². The Morgan fingerprint density at radius 1 is 1.41 bits per heavy atom. The lowest BCUT2D eigenvalue weighted by molar-refractivity contribution is 0.532. The normalized spacial score (nSPS) is 19.9. The monoisotopic (exact) mass is 264 g/mol. The van der Waals surface area contributed by atoms with Crippen molar-refractivity contribution in [3.8, 4) is 10.6 Å². The minimum absolute atomic E-state index is 0.865. The Kier molecular flexibility index (Phi) is 3.54. The van der Waals surface area contributed by atoms with Crippen molar-refractivity contribution in [3.05, 3.63) is 27.9 Å². The van der Waals surface area contributed by atoms with Gasteiger partial charge in [0.2, 0.25) is 0 Å². The fraction of sp³-hybridized carbons (Fsp3) is 0.462. The Morgan fingerprint density at radius 3 is 3.18 bits per heavy atom. The van der Waals surface area contributed by atoms with Gasteiger partial charge < -0.3 is 5.32 Å². The molecule has 0 radical (unpaired) electrons. The lowest BCUT2D eigenvalue weighted by Gasteiger charge is -2.04. The fourth-order valence-corrected chi connectivity index (χ4v) is 3.83. The van der Waals surface area contributed by atoms with Crippen LogP contribution in [0.5, 0.6) is 0 Å². The molecule has 90 valence electrons. The summed E-state index contributed by atoms with van der Waals surface area (Å²) in [7, 11) is 0. The van der Waals surface area contributed by atoms with Crippen molar-refractivity contribution in [2.75, 3.05) is 13.1 Å². The highest BCUT2D eigenvalue weighted by Crippen LogP contribution is 2.27. The minimum Gasteiger partial charge on any atom is -0.316 e. The summed E-state index contributed by atoms with van der Waals surface area (Å²) < 4.78 is 0. The van der Waals surface area contributed by atoms with E-state index in [0.29, 0.717) is 0 Å². The van der Waals surface area contributed by atoms with Crippen LogP contribution in [-0.4, -0.2) is 18.1 Å². The van der Waals surface area contributed by atoms with Crippen LogP contribution in [0.15, 0.2) is 22.9 Å². The molecule has 3 rings (SSSR count). The molecule has 0 spiro atoms. The Morgan fingerprint density at radius 2 is 2.41 bits per heavy atom. The van der Waals surface area contributed by atoms with Gasteiger partial charge in [-0.25, -0.2) is 4.98 Å². The van der Waals surface area contributed by atoms with Gasteiger partial charge in [-0.05, 0) is 49.7 Å². The number of nitrogens with zero attached hydrogens (tertiary/aromatic N) is 1. The number of thiophene rings is 1. The van der Waals surface area contributed by atoms with E-state index in [1.54, 1.807) is 22.7 Å². The van der Waals surface area contributed by atoms with E-state index in [0.717, 1.165) is 18.0 Å². The van der Waals surface area contributed by atoms with Crippen LogP contribution < -0.4 is 5.32 Å². The van der Waals surface area contributed by atoms with Gasteiger partial charge in [0.15, 0.2) is 0 Å². The molecule has 2 aromatic heterocycles. The quantitative estimate of drug-likeness (QED) is 0.915. The van der Waals surface area contributed by atoms with Gasteiger partial charge in [0, 0.05) is 5.38 Å². The summed E-state index contributed by atoms with van der Waals surface area (Å²) in [6.07, 6.45) is 3.76. The first kappa shape index (κ1) is 11.4. The Balaban J connectivity index is 1.60. The lowest BCUT2D eigenvalue weighted by Crippen LogP contribution is -2.09. The molecule has 1 saturated heterocycles. The Bertz CT molecular complexity index is 455. The number of thiazole rings is 1. The van der Waals surface area contributed by atoms with Crippen molar-refractivity contribution >= 4 is 22.7 Å². The predicted octanol–water partition coefficient (Wildman–Crippen LogP) is 3.41. The van der Waals surface area contributed by atoms with Crippen LogP contribution in [0.4, 0.5) is 0 Å². The lowest BCUT2D eigenvalue weighted by atomic mass is 10.0. The van der Waals surface area contributed by atoms with Gasteiger partial charge in [-0.15, -0.1) is 22.7 Å². The third-order valence-electron chi connectivity index (χ3n) is 3.25. The van der Waals surface area contributed by atoms with Crippen LogP contribution in [0.1, 0.15) is 17.8 Å². The van der Waals surface area contributed by atoms with E-state index >= 15 is 0 Å². The SMILES string of the molecule is c1csc(-c2csc(CCC3CCNC3)n2)c1. The molecule has 0 bridgehead atoms. The molecule has 1 fully saturated rings. The topological polar surface area (TPSA) is 24.9 Å². The zero-order valence-electron chi connectivity index (χ0n) is 9.69. The summed E-state index contributed by atoms with van der Waals surface area (Å²) in [4.78, 5) is 6.01. The van der Waals surface area contributed by atoms with Crippen LogP contribution in [-0.2, 0) is 6.42 Å². The maximum absolute atomic E-state index is 4.72. The first-order valence-electron chi connectivity index (χ1n) is 6.11. The summed E-state index contributed by atoms with van der Waals surface area (Å²) >= 11 is 3.57. The third-order valence-corrected chi connectivity index (χ3v) is 5.06. The van der Waals surface area contributed by atoms with Gasteiger partial charge >= 0.3 is 0 Å². The first-order chi connectivity index (χ1) is 8.42. The molecule has 1 aliphatic heterocycles. The van der Waals surface area contributed by atoms with Gasteiger partial charge in [-0.2, -0.15) is 0 Å². The van der Waals surface area contributed by atoms with Crippen LogP contribution in [0.2, 0.25) is 0 Å². The highest BCUT2D eigenvalue weighted by Gasteiger charge is 2.15. The number of rotatable bonds is 4. The molecular formula is C13H16N2S2. The minimum atomic E-state index is 0.865. The van der Waals surface area contributed by atoms with Gasteiger partial charge in [0.25, 0.3) is 0 Å². The maximum atomic E-state index is 4.72. The largest absolute Gasteiger partial charge is 0.316 e. The van der Waals surface area contributed by atoms with E-state index in [4.69, 9.17) is 4.98 Å². The van der Waals surface area contributed by atoms with Gasteiger partial charge in [0.1, 0.15) is 0 Å². The number of hydrogen-bond acceptors (Lipinski definition) is 4. The van der Waals surface area contributed by atoms with Crippen molar-refractivity contribution in [3.63, 3.8) is 0 Å². The number of nitrogens with one attached hydrogen (secondary N) is 1. The second-order valence-electron chi connectivity index (χ2n) is 4.50. The average Bonchev–Trinajstić information content (AvgIpc) is 3.09. The van der Waals surface area contributed by atoms with Crippen LogP contribution in [0.25, 0.3) is 10.6 Å². The maximum Gasteiger partial charge on any atom is 0.0933 e. The van der Waals surface area contributed by atoms with Gasteiger partial charge in [-0.1, -0.05) is 6.07 Å². The molecule has 3 heterocycles. The molecule has 2 aromatic rings. The molecule has 17 heavy (non-hydrogen) atoms. The van der Waals surface area contributed by atoms with E-state index in [-0.39, 0.29) is 0 Å². The molecule has 1 N–H and O–H groups in total. The summed E-state index contributed by atoms with van der Waals surface area (Å²) in [5.41, 5.74) is 1.16. The van der Waals surface area contributed by atoms with E-state index in [1.165, 1.54) is 35.8 Å². The second-order valence-corrected chi connectivity index (χ2v) is 6.39. The predicted molar refractivity (Wildman–Crippen MR) is 74.7 cm³/mol. The zero-order valence-corrected chi connectivity index (χ0v) is 11.3. The fourth-order valence-electron chi connectivity index (χ4n) is 2.25. The molecule has 0 saturated carbocycles.